The highest BCUT2D eigenvalue weighted by Crippen LogP contribution is 2.32. The van der Waals surface area contributed by atoms with E-state index in [0.717, 1.165) is 6.42 Å². The van der Waals surface area contributed by atoms with Gasteiger partial charge in [0.1, 0.15) is 6.10 Å². The average molecular weight is 367 g/mol. The Hall–Kier alpha value is -2.17. The van der Waals surface area contributed by atoms with Gasteiger partial charge in [0.15, 0.2) is 17.4 Å². The first-order chi connectivity index (χ1) is 12.4. The molecule has 3 rings (SSSR count). The van der Waals surface area contributed by atoms with Crippen molar-refractivity contribution in [2.24, 2.45) is 0 Å². The summed E-state index contributed by atoms with van der Waals surface area (Å²) in [6.07, 6.45) is -1.20. The van der Waals surface area contributed by atoms with E-state index in [4.69, 9.17) is 10.5 Å². The maximum atomic E-state index is 13.0. The van der Waals surface area contributed by atoms with Gasteiger partial charge in [-0.05, 0) is 12.8 Å². The number of rotatable bonds is 6. The van der Waals surface area contributed by atoms with Gasteiger partial charge >= 0.3 is 5.69 Å². The number of aromatic amines is 1. The molecule has 0 aromatic carbocycles. The van der Waals surface area contributed by atoms with Crippen molar-refractivity contribution in [2.75, 3.05) is 5.73 Å². The van der Waals surface area contributed by atoms with E-state index in [9.17, 15) is 19.8 Å². The Kier molecular flexibility index (Phi) is 5.17. The molecule has 10 heteroatoms. The van der Waals surface area contributed by atoms with Crippen LogP contribution in [0.5, 0.6) is 0 Å². The van der Waals surface area contributed by atoms with E-state index in [1.54, 1.807) is 6.92 Å². The molecule has 5 N–H and O–H groups in total. The number of aryl methyl sites for hydroxylation is 1. The van der Waals surface area contributed by atoms with Gasteiger partial charge in [-0.1, -0.05) is 20.3 Å². The third-order valence-corrected chi connectivity index (χ3v) is 4.78. The molecular weight excluding hydrogens is 342 g/mol. The van der Waals surface area contributed by atoms with Crippen LogP contribution in [0.3, 0.4) is 0 Å². The number of nitrogen functional groups attached to an aromatic ring is 1. The lowest BCUT2D eigenvalue weighted by Gasteiger charge is -2.18. The molecule has 4 atom stereocenters. The van der Waals surface area contributed by atoms with E-state index in [1.165, 1.54) is 9.13 Å². The lowest BCUT2D eigenvalue weighted by Crippen LogP contribution is -2.32. The lowest BCUT2D eigenvalue weighted by atomic mass is 10.1. The molecule has 1 fully saturated rings. The number of aromatic nitrogens is 4. The maximum absolute atomic E-state index is 13.0. The largest absolute Gasteiger partial charge is 0.390 e. The van der Waals surface area contributed by atoms with Gasteiger partial charge in [0.2, 0.25) is 5.95 Å². The number of unbranched alkanes of at least 4 members (excludes halogenated alkanes) is 1. The Bertz CT molecular complexity index is 901. The molecule has 10 nitrogen and oxygen atoms in total. The number of nitrogens with two attached hydrogens (primary N) is 1. The Balaban J connectivity index is 2.15. The van der Waals surface area contributed by atoms with Crippen LogP contribution in [0, 0.1) is 0 Å². The van der Waals surface area contributed by atoms with Gasteiger partial charge in [-0.3, -0.25) is 14.3 Å². The number of aliphatic hydroxyl groups excluding tert-OH is 2. The van der Waals surface area contributed by atoms with Gasteiger partial charge < -0.3 is 20.7 Å². The number of aliphatic hydroxyl groups is 2. The van der Waals surface area contributed by atoms with E-state index in [0.29, 0.717) is 19.4 Å². The smallest absolute Gasteiger partial charge is 0.332 e. The van der Waals surface area contributed by atoms with Gasteiger partial charge in [0.25, 0.3) is 5.56 Å². The second-order valence-electron chi connectivity index (χ2n) is 6.62. The quantitative estimate of drug-likeness (QED) is 0.547. The monoisotopic (exact) mass is 367 g/mol. The molecule has 144 valence electrons. The van der Waals surface area contributed by atoms with E-state index >= 15 is 0 Å². The minimum absolute atomic E-state index is 0.0723. The van der Waals surface area contributed by atoms with Gasteiger partial charge in [-0.15, -0.1) is 0 Å². The normalized spacial score (nSPS) is 24.4. The number of imidazole rings is 1. The molecule has 0 saturated carbocycles. The Morgan fingerprint density at radius 1 is 1.42 bits per heavy atom. The van der Waals surface area contributed by atoms with Crippen molar-refractivity contribution in [3.8, 4) is 0 Å². The van der Waals surface area contributed by atoms with Crippen molar-refractivity contribution in [1.29, 1.82) is 0 Å². The fourth-order valence-corrected chi connectivity index (χ4v) is 3.38. The molecule has 0 unspecified atom stereocenters. The van der Waals surface area contributed by atoms with Crippen LogP contribution < -0.4 is 17.0 Å². The number of nitrogens with one attached hydrogen (secondary N) is 1. The van der Waals surface area contributed by atoms with E-state index in [-0.39, 0.29) is 23.5 Å². The number of anilines is 1. The summed E-state index contributed by atoms with van der Waals surface area (Å²) in [6, 6.07) is 0. The van der Waals surface area contributed by atoms with Crippen molar-refractivity contribution >= 4 is 17.1 Å². The Morgan fingerprint density at radius 3 is 2.81 bits per heavy atom. The molecule has 0 bridgehead atoms. The van der Waals surface area contributed by atoms with E-state index < -0.39 is 35.8 Å². The molecule has 1 aliphatic rings. The van der Waals surface area contributed by atoms with Gasteiger partial charge in [0, 0.05) is 13.0 Å². The number of hydrogen-bond donors (Lipinski definition) is 4. The summed E-state index contributed by atoms with van der Waals surface area (Å²) in [6.45, 7) is 4.13. The summed E-state index contributed by atoms with van der Waals surface area (Å²) in [5.41, 5.74) is 4.82. The SMILES string of the molecule is CCCCn1c(=O)n([C@@H]2O[C@H]([C@@H](O)CC)C[C@H]2O)c2nc(N)[nH]c(=O)c21. The zero-order valence-electron chi connectivity index (χ0n) is 14.9. The molecule has 0 radical (unpaired) electrons. The highest BCUT2D eigenvalue weighted by atomic mass is 16.5. The fourth-order valence-electron chi connectivity index (χ4n) is 3.38. The predicted molar refractivity (Wildman–Crippen MR) is 94.8 cm³/mol. The molecule has 3 heterocycles. The van der Waals surface area contributed by atoms with Crippen LogP contribution in [-0.2, 0) is 11.3 Å². The van der Waals surface area contributed by atoms with Gasteiger partial charge in [-0.25, -0.2) is 9.36 Å². The zero-order chi connectivity index (χ0) is 19.0. The lowest BCUT2D eigenvalue weighted by molar-refractivity contribution is -0.0760. The average Bonchev–Trinajstić information content (AvgIpc) is 3.09. The summed E-state index contributed by atoms with van der Waals surface area (Å²) >= 11 is 0. The molecule has 0 spiro atoms. The minimum Gasteiger partial charge on any atom is -0.390 e. The molecule has 2 aromatic rings. The Labute approximate surface area is 149 Å². The minimum atomic E-state index is -1.03. The van der Waals surface area contributed by atoms with Gasteiger partial charge in [0.05, 0.1) is 12.2 Å². The number of fused-ring (bicyclic) bond motifs is 1. The van der Waals surface area contributed by atoms with Gasteiger partial charge in [-0.2, -0.15) is 4.98 Å². The predicted octanol–water partition coefficient (Wildman–Crippen LogP) is -0.312. The standard InChI is InChI=1S/C16H25N5O5/c1-3-5-6-20-11-12(18-15(17)19-13(11)24)21(16(20)25)14-9(23)7-10(26-14)8(22)4-2/h8-10,14,22-23H,3-7H2,1-2H3,(H3,17,18,19,24)/t8-,9+,10-,14+/m0/s1. The first-order valence-electron chi connectivity index (χ1n) is 8.91. The maximum Gasteiger partial charge on any atom is 0.332 e. The number of hydrogen-bond acceptors (Lipinski definition) is 7. The van der Waals surface area contributed by atoms with Crippen molar-refractivity contribution in [2.45, 2.75) is 70.6 Å². The Morgan fingerprint density at radius 2 is 2.15 bits per heavy atom. The van der Waals surface area contributed by atoms with E-state index in [1.807, 2.05) is 6.92 Å². The first kappa shape index (κ1) is 18.6. The topological polar surface area (TPSA) is 148 Å². The van der Waals surface area contributed by atoms with Crippen LogP contribution in [-0.4, -0.2) is 47.6 Å². The molecule has 1 aliphatic heterocycles. The number of nitrogens with zero attached hydrogens (tertiary/aromatic N) is 3. The van der Waals surface area contributed by atoms with Crippen molar-refractivity contribution in [1.82, 2.24) is 19.1 Å². The van der Waals surface area contributed by atoms with E-state index in [2.05, 4.69) is 9.97 Å². The van der Waals surface area contributed by atoms with Crippen molar-refractivity contribution in [3.63, 3.8) is 0 Å². The molecular formula is C16H25N5O5. The molecule has 0 aliphatic carbocycles. The molecule has 0 amide bonds. The third-order valence-electron chi connectivity index (χ3n) is 4.78. The number of H-pyrrole nitrogens is 1. The summed E-state index contributed by atoms with van der Waals surface area (Å²) in [5.74, 6) is -0.124. The van der Waals surface area contributed by atoms with Crippen molar-refractivity contribution < 1.29 is 14.9 Å². The summed E-state index contributed by atoms with van der Waals surface area (Å²) < 4.78 is 8.26. The van der Waals surface area contributed by atoms with Crippen LogP contribution in [0.15, 0.2) is 9.59 Å². The molecule has 2 aromatic heterocycles. The zero-order valence-corrected chi connectivity index (χ0v) is 14.9. The third kappa shape index (κ3) is 3.04. The molecule has 26 heavy (non-hydrogen) atoms. The highest BCUT2D eigenvalue weighted by Gasteiger charge is 2.40. The summed E-state index contributed by atoms with van der Waals surface area (Å²) in [7, 11) is 0. The first-order valence-corrected chi connectivity index (χ1v) is 8.91. The second-order valence-corrected chi connectivity index (χ2v) is 6.62. The second kappa shape index (κ2) is 7.22. The number of ether oxygens (including phenoxy) is 1. The van der Waals surface area contributed by atoms with Crippen LogP contribution in [0.1, 0.15) is 45.8 Å². The molecule has 1 saturated heterocycles. The van der Waals surface area contributed by atoms with Crippen molar-refractivity contribution in [3.05, 3.63) is 20.8 Å². The highest BCUT2D eigenvalue weighted by molar-refractivity contribution is 5.71. The van der Waals surface area contributed by atoms with Crippen LogP contribution in [0.2, 0.25) is 0 Å². The van der Waals surface area contributed by atoms with Crippen LogP contribution >= 0.6 is 0 Å². The van der Waals surface area contributed by atoms with Crippen LogP contribution in [0.4, 0.5) is 5.95 Å². The fraction of sp³-hybridized carbons (Fsp3) is 0.688. The summed E-state index contributed by atoms with van der Waals surface area (Å²) in [4.78, 5) is 31.9. The van der Waals surface area contributed by atoms with Crippen LogP contribution in [0.25, 0.3) is 11.2 Å². The summed E-state index contributed by atoms with van der Waals surface area (Å²) in [5, 5.41) is 20.4.